The van der Waals surface area contributed by atoms with Gasteiger partial charge >= 0.3 is 0 Å². The van der Waals surface area contributed by atoms with Gasteiger partial charge in [-0.1, -0.05) is 30.5 Å². The number of thiocarbonyl (C=S) groups is 1. The Morgan fingerprint density at radius 3 is 2.95 bits per heavy atom. The van der Waals surface area contributed by atoms with Crippen LogP contribution in [-0.4, -0.2) is 23.0 Å². The number of nitrogens with two attached hydrogens (primary N) is 1. The van der Waals surface area contributed by atoms with Crippen molar-refractivity contribution in [3.8, 4) is 5.75 Å². The summed E-state index contributed by atoms with van der Waals surface area (Å²) in [5.41, 5.74) is 6.37. The van der Waals surface area contributed by atoms with Crippen LogP contribution >= 0.6 is 23.6 Å². The fourth-order valence-corrected chi connectivity index (χ4v) is 2.96. The third-order valence-corrected chi connectivity index (χ3v) is 4.11. The highest BCUT2D eigenvalue weighted by molar-refractivity contribution is 7.80. The lowest BCUT2D eigenvalue weighted by Crippen LogP contribution is -2.32. The lowest BCUT2D eigenvalue weighted by atomic mass is 10.1. The van der Waals surface area contributed by atoms with Gasteiger partial charge in [-0.3, -0.25) is 4.79 Å². The van der Waals surface area contributed by atoms with Crippen molar-refractivity contribution in [2.24, 2.45) is 11.7 Å². The monoisotopic (exact) mass is 309 g/mol. The molecule has 1 aromatic carbocycles. The van der Waals surface area contributed by atoms with Gasteiger partial charge in [0.15, 0.2) is 5.13 Å². The summed E-state index contributed by atoms with van der Waals surface area (Å²) >= 11 is 6.28. The molecule has 1 unspecified atom stereocenters. The molecule has 0 bridgehead atoms. The number of hydrogen-bond acceptors (Lipinski definition) is 5. The molecule has 0 fully saturated rings. The Bertz CT molecular complexity index is 654. The molecule has 7 heteroatoms. The number of amides is 1. The summed E-state index contributed by atoms with van der Waals surface area (Å²) in [7, 11) is 1.61. The molecule has 20 heavy (non-hydrogen) atoms. The molecule has 0 spiro atoms. The van der Waals surface area contributed by atoms with Gasteiger partial charge in [0.2, 0.25) is 5.91 Å². The molecule has 1 atom stereocenters. The molecular weight excluding hydrogens is 294 g/mol. The maximum atomic E-state index is 12.0. The van der Waals surface area contributed by atoms with E-state index in [4.69, 9.17) is 22.7 Å². The van der Waals surface area contributed by atoms with Crippen molar-refractivity contribution in [2.75, 3.05) is 12.4 Å². The average Bonchev–Trinajstić information content (AvgIpc) is 2.79. The summed E-state index contributed by atoms with van der Waals surface area (Å²) in [5.74, 6) is 0.0752. The third kappa shape index (κ3) is 3.05. The highest BCUT2D eigenvalue weighted by Crippen LogP contribution is 2.29. The van der Waals surface area contributed by atoms with Gasteiger partial charge < -0.3 is 15.8 Å². The van der Waals surface area contributed by atoms with Crippen LogP contribution in [0, 0.1) is 5.92 Å². The van der Waals surface area contributed by atoms with Crippen molar-refractivity contribution in [3.05, 3.63) is 18.2 Å². The standard InChI is InChI=1S/C13H15N3O2S2/c1-3-8(11(14)19)12(17)16-13-15-9-5-4-7(18-2)6-10(9)20-13/h4-6,8H,3H2,1-2H3,(H2,14,19)(H,15,16,17). The number of carbonyl (C=O) groups excluding carboxylic acids is 1. The summed E-state index contributed by atoms with van der Waals surface area (Å²) < 4.78 is 6.10. The fourth-order valence-electron chi connectivity index (χ4n) is 1.79. The molecule has 1 amide bonds. The smallest absolute Gasteiger partial charge is 0.236 e. The van der Waals surface area contributed by atoms with E-state index < -0.39 is 5.92 Å². The molecule has 0 aliphatic carbocycles. The fraction of sp³-hybridized carbons (Fsp3) is 0.308. The van der Waals surface area contributed by atoms with Crippen LogP contribution in [0.5, 0.6) is 5.75 Å². The molecule has 0 saturated heterocycles. The zero-order valence-corrected chi connectivity index (χ0v) is 12.8. The first-order valence-corrected chi connectivity index (χ1v) is 7.32. The first kappa shape index (κ1) is 14.7. The number of nitrogens with one attached hydrogen (secondary N) is 1. The zero-order valence-electron chi connectivity index (χ0n) is 11.2. The van der Waals surface area contributed by atoms with Crippen molar-refractivity contribution in [1.82, 2.24) is 4.98 Å². The second-order valence-electron chi connectivity index (χ2n) is 4.21. The Labute approximate surface area is 126 Å². The summed E-state index contributed by atoms with van der Waals surface area (Å²) in [4.78, 5) is 16.6. The molecule has 0 saturated carbocycles. The van der Waals surface area contributed by atoms with Crippen molar-refractivity contribution < 1.29 is 9.53 Å². The third-order valence-electron chi connectivity index (χ3n) is 2.89. The summed E-state index contributed by atoms with van der Waals surface area (Å²) in [6.45, 7) is 1.87. The number of ether oxygens (including phenoxy) is 1. The average molecular weight is 309 g/mol. The normalized spacial score (nSPS) is 12.1. The molecule has 3 N–H and O–H groups in total. The Balaban J connectivity index is 2.21. The van der Waals surface area contributed by atoms with Crippen molar-refractivity contribution >= 4 is 49.8 Å². The highest BCUT2D eigenvalue weighted by Gasteiger charge is 2.20. The number of nitrogens with zero attached hydrogens (tertiary/aromatic N) is 1. The predicted octanol–water partition coefficient (Wildman–Crippen LogP) is 2.56. The number of methoxy groups -OCH3 is 1. The number of benzene rings is 1. The van der Waals surface area contributed by atoms with Crippen LogP contribution in [0.15, 0.2) is 18.2 Å². The van der Waals surface area contributed by atoms with Crippen LogP contribution < -0.4 is 15.8 Å². The first-order valence-electron chi connectivity index (χ1n) is 6.10. The number of thiazole rings is 1. The second-order valence-corrected chi connectivity index (χ2v) is 5.71. The topological polar surface area (TPSA) is 77.2 Å². The highest BCUT2D eigenvalue weighted by atomic mass is 32.1. The van der Waals surface area contributed by atoms with E-state index in [1.807, 2.05) is 25.1 Å². The number of hydrogen-bond donors (Lipinski definition) is 2. The molecule has 0 aliphatic heterocycles. The largest absolute Gasteiger partial charge is 0.497 e. The minimum Gasteiger partial charge on any atom is -0.497 e. The quantitative estimate of drug-likeness (QED) is 0.830. The SMILES string of the molecule is CCC(C(=O)Nc1nc2ccc(OC)cc2s1)C(N)=S. The maximum absolute atomic E-state index is 12.0. The summed E-state index contributed by atoms with van der Waals surface area (Å²) in [6, 6.07) is 5.57. The first-order chi connectivity index (χ1) is 9.55. The molecule has 1 aromatic heterocycles. The van der Waals surface area contributed by atoms with Crippen LogP contribution in [-0.2, 0) is 4.79 Å². The van der Waals surface area contributed by atoms with E-state index in [1.54, 1.807) is 7.11 Å². The van der Waals surface area contributed by atoms with Crippen molar-refractivity contribution in [2.45, 2.75) is 13.3 Å². The Hall–Kier alpha value is -1.73. The van der Waals surface area contributed by atoms with E-state index >= 15 is 0 Å². The molecule has 5 nitrogen and oxygen atoms in total. The van der Waals surface area contributed by atoms with Gasteiger partial charge in [-0.15, -0.1) is 0 Å². The lowest BCUT2D eigenvalue weighted by molar-refractivity contribution is -0.118. The van der Waals surface area contributed by atoms with Gasteiger partial charge in [-0.25, -0.2) is 4.98 Å². The molecular formula is C13H15N3O2S2. The van der Waals surface area contributed by atoms with E-state index in [-0.39, 0.29) is 10.9 Å². The van der Waals surface area contributed by atoms with Crippen LogP contribution in [0.3, 0.4) is 0 Å². The maximum Gasteiger partial charge on any atom is 0.236 e. The predicted molar refractivity (Wildman–Crippen MR) is 85.4 cm³/mol. The van der Waals surface area contributed by atoms with E-state index in [0.29, 0.717) is 11.6 Å². The van der Waals surface area contributed by atoms with E-state index in [2.05, 4.69) is 10.3 Å². The van der Waals surface area contributed by atoms with Gasteiger partial charge in [0.25, 0.3) is 0 Å². The van der Waals surface area contributed by atoms with Crippen molar-refractivity contribution in [1.29, 1.82) is 0 Å². The molecule has 2 aromatic rings. The van der Waals surface area contributed by atoms with E-state index in [1.165, 1.54) is 11.3 Å². The van der Waals surface area contributed by atoms with Gasteiger partial charge in [-0.05, 0) is 24.6 Å². The van der Waals surface area contributed by atoms with Crippen LogP contribution in [0.1, 0.15) is 13.3 Å². The van der Waals surface area contributed by atoms with Gasteiger partial charge in [0.05, 0.1) is 28.2 Å². The summed E-state index contributed by atoms with van der Waals surface area (Å²) in [6.07, 6.45) is 0.569. The minimum atomic E-state index is -0.466. The minimum absolute atomic E-state index is 0.202. The van der Waals surface area contributed by atoms with Crippen LogP contribution in [0.2, 0.25) is 0 Å². The van der Waals surface area contributed by atoms with Gasteiger partial charge in [-0.2, -0.15) is 0 Å². The second kappa shape index (κ2) is 6.15. The van der Waals surface area contributed by atoms with Gasteiger partial charge in [0.1, 0.15) is 5.75 Å². The number of anilines is 1. The van der Waals surface area contributed by atoms with E-state index in [9.17, 15) is 4.79 Å². The Morgan fingerprint density at radius 2 is 2.35 bits per heavy atom. The molecule has 2 rings (SSSR count). The summed E-state index contributed by atoms with van der Waals surface area (Å²) in [5, 5.41) is 3.30. The Kier molecular flexibility index (Phi) is 4.51. The number of carbonyl (C=O) groups is 1. The molecule has 1 heterocycles. The Morgan fingerprint density at radius 1 is 1.60 bits per heavy atom. The van der Waals surface area contributed by atoms with Crippen LogP contribution in [0.25, 0.3) is 10.2 Å². The van der Waals surface area contributed by atoms with Gasteiger partial charge in [0, 0.05) is 0 Å². The number of aromatic nitrogens is 1. The lowest BCUT2D eigenvalue weighted by Gasteiger charge is -2.11. The number of fused-ring (bicyclic) bond motifs is 1. The zero-order chi connectivity index (χ0) is 14.7. The van der Waals surface area contributed by atoms with Crippen molar-refractivity contribution in [3.63, 3.8) is 0 Å². The van der Waals surface area contributed by atoms with Crippen LogP contribution in [0.4, 0.5) is 5.13 Å². The van der Waals surface area contributed by atoms with E-state index in [0.717, 1.165) is 16.0 Å². The molecule has 0 radical (unpaired) electrons. The molecule has 0 aliphatic rings. The molecule has 106 valence electrons. The number of rotatable bonds is 5.